The van der Waals surface area contributed by atoms with Gasteiger partial charge in [0, 0.05) is 17.1 Å². The molecule has 1 atom stereocenters. The molecule has 0 saturated heterocycles. The van der Waals surface area contributed by atoms with Gasteiger partial charge in [0.15, 0.2) is 0 Å². The normalized spacial score (nSPS) is 16.8. The fraction of sp³-hybridized carbons (Fsp3) is 0.625. The van der Waals surface area contributed by atoms with E-state index in [2.05, 4.69) is 36.3 Å². The molecule has 0 amide bonds. The van der Waals surface area contributed by atoms with Crippen LogP contribution in [0.3, 0.4) is 0 Å². The van der Waals surface area contributed by atoms with Gasteiger partial charge >= 0.3 is 0 Å². The number of hydrogen-bond acceptors (Lipinski definition) is 2. The maximum absolute atomic E-state index is 6.25. The molecule has 2 rings (SSSR count). The van der Waals surface area contributed by atoms with E-state index < -0.39 is 0 Å². The van der Waals surface area contributed by atoms with Gasteiger partial charge in [-0.15, -0.1) is 0 Å². The van der Waals surface area contributed by atoms with Crippen molar-refractivity contribution >= 4 is 11.6 Å². The van der Waals surface area contributed by atoms with Crippen molar-refractivity contribution in [1.82, 2.24) is 10.2 Å². The van der Waals surface area contributed by atoms with Gasteiger partial charge in [0.25, 0.3) is 0 Å². The van der Waals surface area contributed by atoms with Gasteiger partial charge in [-0.1, -0.05) is 29.8 Å². The molecule has 1 aliphatic carbocycles. The number of nitrogens with zero attached hydrogens (tertiary/aromatic N) is 1. The van der Waals surface area contributed by atoms with Crippen LogP contribution >= 0.6 is 11.6 Å². The Morgan fingerprint density at radius 1 is 1.32 bits per heavy atom. The van der Waals surface area contributed by atoms with E-state index in [9.17, 15) is 0 Å². The molecule has 0 bridgehead atoms. The van der Waals surface area contributed by atoms with Crippen LogP contribution in [-0.4, -0.2) is 31.1 Å². The van der Waals surface area contributed by atoms with Crippen molar-refractivity contribution in [1.29, 1.82) is 0 Å². The highest BCUT2D eigenvalue weighted by Gasteiger charge is 2.19. The first-order chi connectivity index (χ1) is 9.18. The van der Waals surface area contributed by atoms with Crippen molar-refractivity contribution < 1.29 is 0 Å². The zero-order chi connectivity index (χ0) is 13.7. The van der Waals surface area contributed by atoms with E-state index in [1.165, 1.54) is 37.8 Å². The van der Waals surface area contributed by atoms with Gasteiger partial charge in [0.1, 0.15) is 0 Å². The second-order valence-electron chi connectivity index (χ2n) is 5.61. The molecule has 1 fully saturated rings. The van der Waals surface area contributed by atoms with Gasteiger partial charge in [0.05, 0.1) is 0 Å². The van der Waals surface area contributed by atoms with Crippen molar-refractivity contribution in [2.24, 2.45) is 0 Å². The average molecular weight is 281 g/mol. The van der Waals surface area contributed by atoms with Crippen molar-refractivity contribution in [2.45, 2.75) is 44.7 Å². The summed E-state index contributed by atoms with van der Waals surface area (Å²) in [7, 11) is 2.18. The van der Waals surface area contributed by atoms with E-state index in [0.29, 0.717) is 6.04 Å². The van der Waals surface area contributed by atoms with Crippen LogP contribution in [0.1, 0.15) is 44.2 Å². The zero-order valence-electron chi connectivity index (χ0n) is 12.0. The minimum atomic E-state index is 0.380. The molecule has 0 spiro atoms. The Morgan fingerprint density at radius 3 is 2.74 bits per heavy atom. The molecule has 0 aromatic heterocycles. The predicted octanol–water partition coefficient (Wildman–Crippen LogP) is 3.87. The predicted molar refractivity (Wildman–Crippen MR) is 82.8 cm³/mol. The molecule has 1 N–H and O–H groups in total. The van der Waals surface area contributed by atoms with Crippen molar-refractivity contribution in [2.75, 3.05) is 20.1 Å². The minimum Gasteiger partial charge on any atom is -0.314 e. The lowest BCUT2D eigenvalue weighted by Crippen LogP contribution is -2.25. The summed E-state index contributed by atoms with van der Waals surface area (Å²) in [6, 6.07) is 9.36. The Labute approximate surface area is 122 Å². The number of halogens is 1. The fourth-order valence-corrected chi connectivity index (χ4v) is 2.62. The third-order valence-electron chi connectivity index (χ3n) is 3.96. The van der Waals surface area contributed by atoms with Gasteiger partial charge in [0.2, 0.25) is 0 Å². The average Bonchev–Trinajstić information content (AvgIpc) is 3.22. The first-order valence-corrected chi connectivity index (χ1v) is 7.74. The summed E-state index contributed by atoms with van der Waals surface area (Å²) in [4.78, 5) is 2.39. The lowest BCUT2D eigenvalue weighted by Gasteiger charge is -2.25. The van der Waals surface area contributed by atoms with E-state index in [4.69, 9.17) is 11.6 Å². The van der Waals surface area contributed by atoms with Crippen LogP contribution in [0.25, 0.3) is 0 Å². The second kappa shape index (κ2) is 7.28. The van der Waals surface area contributed by atoms with Gasteiger partial charge in [-0.05, 0) is 64.4 Å². The van der Waals surface area contributed by atoms with E-state index in [1.54, 1.807) is 0 Å². The van der Waals surface area contributed by atoms with Crippen molar-refractivity contribution in [3.63, 3.8) is 0 Å². The van der Waals surface area contributed by atoms with E-state index in [1.807, 2.05) is 12.1 Å². The molecule has 0 radical (unpaired) electrons. The van der Waals surface area contributed by atoms with E-state index in [0.717, 1.165) is 17.6 Å². The summed E-state index contributed by atoms with van der Waals surface area (Å²) in [6.45, 7) is 4.52. The Balaban J connectivity index is 1.69. The lowest BCUT2D eigenvalue weighted by atomic mass is 10.1. The molecular formula is C16H25ClN2. The third-order valence-corrected chi connectivity index (χ3v) is 4.31. The number of hydrogen-bond donors (Lipinski definition) is 1. The molecule has 1 aromatic rings. The van der Waals surface area contributed by atoms with Crippen LogP contribution in [0.4, 0.5) is 0 Å². The summed E-state index contributed by atoms with van der Waals surface area (Å²) in [6.07, 6.45) is 5.26. The molecule has 3 heteroatoms. The van der Waals surface area contributed by atoms with Gasteiger partial charge < -0.3 is 5.32 Å². The number of unbranched alkanes of at least 4 members (excludes halogenated alkanes) is 1. The van der Waals surface area contributed by atoms with Gasteiger partial charge in [-0.3, -0.25) is 4.90 Å². The van der Waals surface area contributed by atoms with E-state index in [-0.39, 0.29) is 0 Å². The SMILES string of the molecule is CC(c1ccccc1Cl)N(C)CCCCNC1CC1. The van der Waals surface area contributed by atoms with E-state index >= 15 is 0 Å². The Morgan fingerprint density at radius 2 is 2.05 bits per heavy atom. The highest BCUT2D eigenvalue weighted by atomic mass is 35.5. The van der Waals surface area contributed by atoms with Crippen molar-refractivity contribution in [3.05, 3.63) is 34.9 Å². The third kappa shape index (κ3) is 4.79. The maximum Gasteiger partial charge on any atom is 0.0453 e. The fourth-order valence-electron chi connectivity index (χ4n) is 2.32. The Bertz CT molecular complexity index is 390. The zero-order valence-corrected chi connectivity index (χ0v) is 12.8. The topological polar surface area (TPSA) is 15.3 Å². The van der Waals surface area contributed by atoms with Gasteiger partial charge in [-0.2, -0.15) is 0 Å². The van der Waals surface area contributed by atoms with Crippen LogP contribution in [-0.2, 0) is 0 Å². The van der Waals surface area contributed by atoms with Gasteiger partial charge in [-0.25, -0.2) is 0 Å². The molecule has 2 nitrogen and oxygen atoms in total. The summed E-state index contributed by atoms with van der Waals surface area (Å²) < 4.78 is 0. The Kier molecular flexibility index (Phi) is 5.68. The highest BCUT2D eigenvalue weighted by Crippen LogP contribution is 2.26. The lowest BCUT2D eigenvalue weighted by molar-refractivity contribution is 0.256. The Hall–Kier alpha value is -0.570. The second-order valence-corrected chi connectivity index (χ2v) is 6.02. The first-order valence-electron chi connectivity index (χ1n) is 7.36. The summed E-state index contributed by atoms with van der Waals surface area (Å²) in [5.41, 5.74) is 1.22. The monoisotopic (exact) mass is 280 g/mol. The van der Waals surface area contributed by atoms with Crippen molar-refractivity contribution in [3.8, 4) is 0 Å². The summed E-state index contributed by atoms with van der Waals surface area (Å²) in [5.74, 6) is 0. The number of nitrogens with one attached hydrogen (secondary N) is 1. The van der Waals surface area contributed by atoms with Crippen LogP contribution < -0.4 is 5.32 Å². The molecule has 0 heterocycles. The van der Waals surface area contributed by atoms with Crippen LogP contribution in [0, 0.1) is 0 Å². The minimum absolute atomic E-state index is 0.380. The molecule has 1 unspecified atom stereocenters. The first kappa shape index (κ1) is 14.8. The molecule has 1 aliphatic rings. The quantitative estimate of drug-likeness (QED) is 0.728. The summed E-state index contributed by atoms with van der Waals surface area (Å²) >= 11 is 6.25. The largest absolute Gasteiger partial charge is 0.314 e. The molecular weight excluding hydrogens is 256 g/mol. The number of benzene rings is 1. The van der Waals surface area contributed by atoms with Crippen LogP contribution in [0.15, 0.2) is 24.3 Å². The molecule has 1 saturated carbocycles. The summed E-state index contributed by atoms with van der Waals surface area (Å²) in [5, 5.41) is 4.43. The standard InChI is InChI=1S/C16H25ClN2/c1-13(15-7-3-4-8-16(15)17)19(2)12-6-5-11-18-14-9-10-14/h3-4,7-8,13-14,18H,5-6,9-12H2,1-2H3. The van der Waals surface area contributed by atoms with Crippen LogP contribution in [0.5, 0.6) is 0 Å². The molecule has 106 valence electrons. The maximum atomic E-state index is 6.25. The molecule has 19 heavy (non-hydrogen) atoms. The highest BCUT2D eigenvalue weighted by molar-refractivity contribution is 6.31. The smallest absolute Gasteiger partial charge is 0.0453 e. The number of rotatable bonds is 8. The van der Waals surface area contributed by atoms with Crippen LogP contribution in [0.2, 0.25) is 5.02 Å². The molecule has 0 aliphatic heterocycles. The molecule has 1 aromatic carbocycles.